The summed E-state index contributed by atoms with van der Waals surface area (Å²) in [7, 11) is 0. The fourth-order valence-corrected chi connectivity index (χ4v) is 4.68. The van der Waals surface area contributed by atoms with Crippen molar-refractivity contribution in [1.82, 2.24) is 19.2 Å². The molecule has 1 fully saturated rings. The number of fused-ring (bicyclic) bond motifs is 2. The Morgan fingerprint density at radius 3 is 2.70 bits per heavy atom. The quantitative estimate of drug-likeness (QED) is 0.391. The molecule has 0 amide bonds. The molecule has 1 aliphatic heterocycles. The molecule has 2 aromatic carbocycles. The Labute approximate surface area is 189 Å². The van der Waals surface area contributed by atoms with Gasteiger partial charge in [-0.15, -0.1) is 0 Å². The molecule has 5 aromatic rings. The molecule has 166 valence electrons. The smallest absolute Gasteiger partial charge is 0.266 e. The fourth-order valence-electron chi connectivity index (χ4n) is 4.68. The highest BCUT2D eigenvalue weighted by molar-refractivity contribution is 5.83. The lowest BCUT2D eigenvalue weighted by atomic mass is 10.1. The van der Waals surface area contributed by atoms with Crippen LogP contribution in [0.2, 0.25) is 0 Å². The number of rotatable bonds is 5. The Morgan fingerprint density at radius 2 is 1.85 bits per heavy atom. The van der Waals surface area contributed by atoms with Crippen LogP contribution in [0.3, 0.4) is 0 Å². The Balaban J connectivity index is 1.34. The molecule has 33 heavy (non-hydrogen) atoms. The number of aromatic nitrogens is 3. The minimum atomic E-state index is -0.385. The van der Waals surface area contributed by atoms with Crippen molar-refractivity contribution in [3.8, 4) is 17.0 Å². The van der Waals surface area contributed by atoms with Gasteiger partial charge in [0.15, 0.2) is 0 Å². The highest BCUT2D eigenvalue weighted by Gasteiger charge is 2.15. The Bertz CT molecular complexity index is 1520. The maximum absolute atomic E-state index is 14.2. The van der Waals surface area contributed by atoms with E-state index in [1.54, 1.807) is 41.1 Å². The molecular weight excluding hydrogens is 419 g/mol. The summed E-state index contributed by atoms with van der Waals surface area (Å²) in [6, 6.07) is 15.7. The largest absolute Gasteiger partial charge is 0.456 e. The molecule has 7 heteroatoms. The van der Waals surface area contributed by atoms with Gasteiger partial charge in [-0.25, -0.2) is 4.39 Å². The molecule has 0 radical (unpaired) electrons. The van der Waals surface area contributed by atoms with Crippen molar-refractivity contribution in [3.05, 3.63) is 83.2 Å². The van der Waals surface area contributed by atoms with Crippen molar-refractivity contribution in [2.75, 3.05) is 19.6 Å². The van der Waals surface area contributed by atoms with E-state index < -0.39 is 0 Å². The molecule has 0 aliphatic carbocycles. The summed E-state index contributed by atoms with van der Waals surface area (Å²) < 4.78 is 23.6. The molecule has 0 saturated carbocycles. The minimum absolute atomic E-state index is 0.209. The highest BCUT2D eigenvalue weighted by Crippen LogP contribution is 2.28. The standard InChI is InChI=1S/C26H23FN4O2/c27-22-6-2-1-5-20(22)25-16-21-24(33-25)9-12-30(26(21)32)19-7-8-23-18(15-19)17-28-31(23)14-13-29-10-3-4-11-29/h1-2,5-9,12,15-17H,3-4,10-11,13-14H2. The van der Waals surface area contributed by atoms with Crippen molar-refractivity contribution in [3.63, 3.8) is 0 Å². The average molecular weight is 442 g/mol. The second kappa shape index (κ2) is 8.01. The van der Waals surface area contributed by atoms with Crippen LogP contribution < -0.4 is 5.56 Å². The average Bonchev–Trinajstić information content (AvgIpc) is 3.58. The van der Waals surface area contributed by atoms with Crippen molar-refractivity contribution in [1.29, 1.82) is 0 Å². The molecular formula is C26H23FN4O2. The predicted octanol–water partition coefficient (Wildman–Crippen LogP) is 4.84. The summed E-state index contributed by atoms with van der Waals surface area (Å²) in [6.45, 7) is 4.19. The van der Waals surface area contributed by atoms with Gasteiger partial charge in [0.25, 0.3) is 5.56 Å². The van der Waals surface area contributed by atoms with Crippen LogP contribution in [0, 0.1) is 5.82 Å². The van der Waals surface area contributed by atoms with E-state index in [4.69, 9.17) is 4.42 Å². The van der Waals surface area contributed by atoms with Gasteiger partial charge in [-0.05, 0) is 68.4 Å². The van der Waals surface area contributed by atoms with E-state index in [-0.39, 0.29) is 11.4 Å². The van der Waals surface area contributed by atoms with Gasteiger partial charge in [0, 0.05) is 23.8 Å². The first kappa shape index (κ1) is 19.9. The molecule has 0 N–H and O–H groups in total. The number of likely N-dealkylation sites (tertiary alicyclic amines) is 1. The first-order valence-corrected chi connectivity index (χ1v) is 11.3. The molecule has 0 unspecified atom stereocenters. The number of hydrogen-bond donors (Lipinski definition) is 0. The van der Waals surface area contributed by atoms with Crippen molar-refractivity contribution < 1.29 is 8.81 Å². The maximum atomic E-state index is 14.2. The molecule has 0 spiro atoms. The molecule has 3 aromatic heterocycles. The molecule has 4 heterocycles. The van der Waals surface area contributed by atoms with E-state index in [2.05, 4.69) is 10.00 Å². The predicted molar refractivity (Wildman–Crippen MR) is 126 cm³/mol. The fraction of sp³-hybridized carbons (Fsp3) is 0.231. The van der Waals surface area contributed by atoms with Gasteiger partial charge in [-0.2, -0.15) is 5.10 Å². The van der Waals surface area contributed by atoms with E-state index in [0.29, 0.717) is 22.3 Å². The highest BCUT2D eigenvalue weighted by atomic mass is 19.1. The minimum Gasteiger partial charge on any atom is -0.456 e. The van der Waals surface area contributed by atoms with Gasteiger partial charge in [-0.3, -0.25) is 14.0 Å². The zero-order valence-electron chi connectivity index (χ0n) is 18.1. The number of halogens is 1. The van der Waals surface area contributed by atoms with E-state index >= 15 is 0 Å². The zero-order valence-corrected chi connectivity index (χ0v) is 18.1. The Morgan fingerprint density at radius 1 is 1.00 bits per heavy atom. The number of pyridine rings is 1. The second-order valence-corrected chi connectivity index (χ2v) is 8.52. The third kappa shape index (κ3) is 3.54. The van der Waals surface area contributed by atoms with Crippen LogP contribution >= 0.6 is 0 Å². The van der Waals surface area contributed by atoms with Crippen LogP contribution in [-0.2, 0) is 6.54 Å². The van der Waals surface area contributed by atoms with E-state index in [0.717, 1.165) is 29.7 Å². The first-order chi connectivity index (χ1) is 16.2. The lowest BCUT2D eigenvalue weighted by Gasteiger charge is -2.14. The number of benzene rings is 2. The van der Waals surface area contributed by atoms with Crippen molar-refractivity contribution >= 4 is 21.9 Å². The van der Waals surface area contributed by atoms with Crippen LogP contribution in [0.5, 0.6) is 0 Å². The van der Waals surface area contributed by atoms with Crippen LogP contribution in [0.25, 0.3) is 38.9 Å². The third-order valence-corrected chi connectivity index (χ3v) is 6.45. The zero-order chi connectivity index (χ0) is 22.4. The molecule has 6 nitrogen and oxygen atoms in total. The topological polar surface area (TPSA) is 56.2 Å². The van der Waals surface area contributed by atoms with Gasteiger partial charge in [0.05, 0.1) is 29.2 Å². The molecule has 1 saturated heterocycles. The van der Waals surface area contributed by atoms with Gasteiger partial charge < -0.3 is 9.32 Å². The monoisotopic (exact) mass is 442 g/mol. The van der Waals surface area contributed by atoms with E-state index in [9.17, 15) is 9.18 Å². The number of furan rings is 1. The number of nitrogens with zero attached hydrogens (tertiary/aromatic N) is 4. The summed E-state index contributed by atoms with van der Waals surface area (Å²) in [5.74, 6) is -0.0447. The van der Waals surface area contributed by atoms with Gasteiger partial charge in [-0.1, -0.05) is 12.1 Å². The van der Waals surface area contributed by atoms with Crippen LogP contribution in [0.4, 0.5) is 4.39 Å². The van der Waals surface area contributed by atoms with E-state index in [1.807, 2.05) is 29.1 Å². The Hall–Kier alpha value is -3.71. The lowest BCUT2D eigenvalue weighted by Crippen LogP contribution is -2.24. The van der Waals surface area contributed by atoms with Crippen molar-refractivity contribution in [2.45, 2.75) is 19.4 Å². The number of hydrogen-bond acceptors (Lipinski definition) is 4. The van der Waals surface area contributed by atoms with Gasteiger partial charge in [0.2, 0.25) is 0 Å². The summed E-state index contributed by atoms with van der Waals surface area (Å²) >= 11 is 0. The third-order valence-electron chi connectivity index (χ3n) is 6.45. The molecule has 1 aliphatic rings. The van der Waals surface area contributed by atoms with Gasteiger partial charge >= 0.3 is 0 Å². The molecule has 0 atom stereocenters. The Kier molecular flexibility index (Phi) is 4.84. The second-order valence-electron chi connectivity index (χ2n) is 8.52. The summed E-state index contributed by atoms with van der Waals surface area (Å²) in [6.07, 6.45) is 6.10. The normalized spacial score (nSPS) is 14.6. The molecule has 0 bridgehead atoms. The van der Waals surface area contributed by atoms with E-state index in [1.165, 1.54) is 32.0 Å². The van der Waals surface area contributed by atoms with Crippen LogP contribution in [-0.4, -0.2) is 38.9 Å². The van der Waals surface area contributed by atoms with Crippen LogP contribution in [0.1, 0.15) is 12.8 Å². The SMILES string of the molecule is O=c1c2cc(-c3ccccc3F)oc2ccn1-c1ccc2c(cnn2CCN2CCCC2)c1. The summed E-state index contributed by atoms with van der Waals surface area (Å²) in [5.41, 5.74) is 2.37. The van der Waals surface area contributed by atoms with Crippen LogP contribution in [0.15, 0.2) is 76.2 Å². The maximum Gasteiger partial charge on any atom is 0.266 e. The van der Waals surface area contributed by atoms with Gasteiger partial charge in [0.1, 0.15) is 17.2 Å². The lowest BCUT2D eigenvalue weighted by molar-refractivity contribution is 0.318. The molecule has 6 rings (SSSR count). The summed E-state index contributed by atoms with van der Waals surface area (Å²) in [5, 5.41) is 5.96. The first-order valence-electron chi connectivity index (χ1n) is 11.3. The summed E-state index contributed by atoms with van der Waals surface area (Å²) in [4.78, 5) is 15.7. The van der Waals surface area contributed by atoms with Crippen molar-refractivity contribution in [2.24, 2.45) is 0 Å².